The lowest BCUT2D eigenvalue weighted by Crippen LogP contribution is -2.14. The molecule has 0 aromatic rings. The zero-order valence-electron chi connectivity index (χ0n) is 16.9. The molecule has 0 unspecified atom stereocenters. The van der Waals surface area contributed by atoms with Crippen LogP contribution in [0, 0.1) is 0 Å². The van der Waals surface area contributed by atoms with Crippen LogP contribution in [0.15, 0.2) is 12.7 Å². The number of allylic oxidation sites excluding steroid dienone is 1. The first-order valence-electron chi connectivity index (χ1n) is 10.9. The Balaban J connectivity index is 3.01. The highest BCUT2D eigenvalue weighted by molar-refractivity contribution is 7.19. The van der Waals surface area contributed by atoms with Gasteiger partial charge in [-0.25, -0.2) is 0 Å². The zero-order valence-corrected chi connectivity index (χ0v) is 18.6. The Morgan fingerprint density at radius 3 is 1.17 bits per heavy atom. The molecule has 0 atom stereocenters. The van der Waals surface area contributed by atoms with E-state index in [0.29, 0.717) is 0 Å². The van der Waals surface area contributed by atoms with E-state index in [2.05, 4.69) is 19.7 Å². The first-order chi connectivity index (χ1) is 11.6. The van der Waals surface area contributed by atoms with E-state index in [1.165, 1.54) is 115 Å². The Morgan fingerprint density at radius 2 is 0.875 bits per heavy atom. The third kappa shape index (κ3) is 22.2. The molecule has 2 heteroatoms. The fourth-order valence-corrected chi connectivity index (χ4v) is 4.80. The summed E-state index contributed by atoms with van der Waals surface area (Å²) in [5.41, 5.74) is 0. The van der Waals surface area contributed by atoms with Crippen LogP contribution in [-0.4, -0.2) is 7.38 Å². The second-order valence-corrected chi connectivity index (χ2v) is 15.2. The Kier molecular flexibility index (Phi) is 18.2. The normalized spacial score (nSPS) is 11.8. The predicted molar refractivity (Wildman–Crippen MR) is 117 cm³/mol. The predicted octanol–water partition coefficient (Wildman–Crippen LogP) is 9.25. The summed E-state index contributed by atoms with van der Waals surface area (Å²) in [6, 6.07) is 1.30. The zero-order chi connectivity index (χ0) is 17.9. The van der Waals surface area contributed by atoms with Gasteiger partial charge in [-0.1, -0.05) is 115 Å². The van der Waals surface area contributed by atoms with Crippen molar-refractivity contribution in [3.05, 3.63) is 12.7 Å². The molecule has 0 aliphatic heterocycles. The lowest BCUT2D eigenvalue weighted by atomic mass is 10.0. The Bertz CT molecular complexity index is 257. The van der Waals surface area contributed by atoms with Crippen molar-refractivity contribution in [2.75, 3.05) is 0 Å². The van der Waals surface area contributed by atoms with Gasteiger partial charge in [-0.05, 0) is 18.9 Å². The van der Waals surface area contributed by atoms with Crippen molar-refractivity contribution in [3.63, 3.8) is 0 Å². The monoisotopic (exact) mass is 372 g/mol. The van der Waals surface area contributed by atoms with Crippen LogP contribution >= 0.6 is 11.1 Å². The number of halogens is 1. The summed E-state index contributed by atoms with van der Waals surface area (Å²) in [6.07, 6.45) is 26.2. The summed E-state index contributed by atoms with van der Waals surface area (Å²) in [5, 5.41) is 0. The molecule has 0 aliphatic rings. The van der Waals surface area contributed by atoms with Crippen molar-refractivity contribution in [1.29, 1.82) is 0 Å². The molecule has 24 heavy (non-hydrogen) atoms. The van der Waals surface area contributed by atoms with Crippen LogP contribution in [0.5, 0.6) is 0 Å². The van der Waals surface area contributed by atoms with Gasteiger partial charge < -0.3 is 0 Å². The molecule has 0 saturated carbocycles. The summed E-state index contributed by atoms with van der Waals surface area (Å²) in [5.74, 6) is 0. The second-order valence-electron chi connectivity index (χ2n) is 8.20. The second kappa shape index (κ2) is 18.1. The fourth-order valence-electron chi connectivity index (χ4n) is 3.31. The topological polar surface area (TPSA) is 0 Å². The van der Waals surface area contributed by atoms with Gasteiger partial charge in [0.05, 0.1) is 0 Å². The van der Waals surface area contributed by atoms with Crippen molar-refractivity contribution >= 4 is 18.5 Å². The number of rotatable bonds is 19. The van der Waals surface area contributed by atoms with E-state index < -0.39 is 7.38 Å². The first kappa shape index (κ1) is 24.2. The summed E-state index contributed by atoms with van der Waals surface area (Å²) in [7, 11) is -1.30. The summed E-state index contributed by atoms with van der Waals surface area (Å²) < 4.78 is 0. The van der Waals surface area contributed by atoms with Crippen LogP contribution in [0.4, 0.5) is 0 Å². The van der Waals surface area contributed by atoms with Gasteiger partial charge >= 0.3 is 0 Å². The Morgan fingerprint density at radius 1 is 0.583 bits per heavy atom. The van der Waals surface area contributed by atoms with Gasteiger partial charge in [-0.3, -0.25) is 0 Å². The largest absolute Gasteiger partial charge is 0.168 e. The van der Waals surface area contributed by atoms with Gasteiger partial charge in [0.1, 0.15) is 7.38 Å². The van der Waals surface area contributed by atoms with Gasteiger partial charge in [0.15, 0.2) is 0 Å². The molecule has 0 radical (unpaired) electrons. The van der Waals surface area contributed by atoms with Crippen molar-refractivity contribution in [2.24, 2.45) is 0 Å². The van der Waals surface area contributed by atoms with Crippen molar-refractivity contribution in [1.82, 2.24) is 0 Å². The maximum Gasteiger partial charge on any atom is 0.150 e. The molecule has 0 fully saturated rings. The lowest BCUT2D eigenvalue weighted by Gasteiger charge is -2.11. The average molecular weight is 373 g/mol. The maximum absolute atomic E-state index is 6.35. The molecule has 0 aliphatic carbocycles. The number of unbranched alkanes of at least 4 members (excludes halogenated alkanes) is 16. The summed E-state index contributed by atoms with van der Waals surface area (Å²) in [4.78, 5) is 0. The molecular formula is C22H45ClSi. The van der Waals surface area contributed by atoms with Gasteiger partial charge in [0, 0.05) is 0 Å². The molecule has 0 aromatic carbocycles. The van der Waals surface area contributed by atoms with Crippen LogP contribution in [0.3, 0.4) is 0 Å². The van der Waals surface area contributed by atoms with Crippen molar-refractivity contribution in [2.45, 2.75) is 128 Å². The van der Waals surface area contributed by atoms with E-state index >= 15 is 0 Å². The van der Waals surface area contributed by atoms with Gasteiger partial charge in [0.25, 0.3) is 0 Å². The Labute approximate surface area is 159 Å². The first-order valence-corrected chi connectivity index (χ1v) is 15.1. The van der Waals surface area contributed by atoms with E-state index in [9.17, 15) is 0 Å². The van der Waals surface area contributed by atoms with E-state index in [0.717, 1.165) is 0 Å². The van der Waals surface area contributed by atoms with Crippen molar-refractivity contribution < 1.29 is 0 Å². The number of hydrogen-bond donors (Lipinski definition) is 0. The highest BCUT2D eigenvalue weighted by Crippen LogP contribution is 2.19. The molecule has 0 bridgehead atoms. The third-order valence-corrected chi connectivity index (χ3v) is 7.04. The standard InChI is InChI=1S/C22H45ClSi/c1-4-5-6-7-8-9-10-11-12-13-14-15-16-17-18-19-20-21-22-24(2,3)23/h4H,1,5-22H2,2-3H3. The van der Waals surface area contributed by atoms with Gasteiger partial charge in [0.2, 0.25) is 0 Å². The minimum absolute atomic E-state index is 1.20. The average Bonchev–Trinajstić information content (AvgIpc) is 2.52. The smallest absolute Gasteiger partial charge is 0.150 e. The molecule has 0 spiro atoms. The minimum atomic E-state index is -1.30. The summed E-state index contributed by atoms with van der Waals surface area (Å²) >= 11 is 6.35. The fraction of sp³-hybridized carbons (Fsp3) is 0.909. The van der Waals surface area contributed by atoms with Crippen molar-refractivity contribution in [3.8, 4) is 0 Å². The highest BCUT2D eigenvalue weighted by atomic mass is 35.6. The van der Waals surface area contributed by atoms with Gasteiger partial charge in [-0.15, -0.1) is 6.58 Å². The molecular weight excluding hydrogens is 328 g/mol. The number of hydrogen-bond acceptors (Lipinski definition) is 0. The van der Waals surface area contributed by atoms with Crippen LogP contribution in [0.1, 0.15) is 109 Å². The van der Waals surface area contributed by atoms with E-state index in [-0.39, 0.29) is 0 Å². The van der Waals surface area contributed by atoms with E-state index in [1.54, 1.807) is 0 Å². The SMILES string of the molecule is C=CCCCCCCCCCCCCCCCCCC[Si](C)(C)Cl. The van der Waals surface area contributed by atoms with Crippen LogP contribution in [0.25, 0.3) is 0 Å². The molecule has 0 saturated heterocycles. The molecule has 0 rings (SSSR count). The van der Waals surface area contributed by atoms with Crippen LogP contribution in [0.2, 0.25) is 19.1 Å². The summed E-state index contributed by atoms with van der Waals surface area (Å²) in [6.45, 7) is 8.30. The van der Waals surface area contributed by atoms with Crippen LogP contribution < -0.4 is 0 Å². The Hall–Kier alpha value is 0.247. The third-order valence-electron chi connectivity index (χ3n) is 4.93. The van der Waals surface area contributed by atoms with E-state index in [4.69, 9.17) is 11.1 Å². The highest BCUT2D eigenvalue weighted by Gasteiger charge is 2.15. The van der Waals surface area contributed by atoms with Gasteiger partial charge in [-0.2, -0.15) is 11.1 Å². The molecule has 0 amide bonds. The minimum Gasteiger partial charge on any atom is -0.168 e. The molecule has 0 aromatic heterocycles. The quantitative estimate of drug-likeness (QED) is 0.0916. The molecule has 0 N–H and O–H groups in total. The molecule has 144 valence electrons. The lowest BCUT2D eigenvalue weighted by molar-refractivity contribution is 0.530. The maximum atomic E-state index is 6.35. The van der Waals surface area contributed by atoms with E-state index in [1.807, 2.05) is 6.08 Å². The molecule has 0 heterocycles. The van der Waals surface area contributed by atoms with Crippen LogP contribution in [-0.2, 0) is 0 Å². The molecule has 0 nitrogen and oxygen atoms in total.